The largest absolute Gasteiger partial charge is 0.296 e. The van der Waals surface area contributed by atoms with Gasteiger partial charge in [0.05, 0.1) is 0 Å². The summed E-state index contributed by atoms with van der Waals surface area (Å²) in [6, 6.07) is 9.77. The Morgan fingerprint density at radius 3 is 2.68 bits per heavy atom. The molecule has 0 aliphatic carbocycles. The van der Waals surface area contributed by atoms with Crippen molar-refractivity contribution in [3.8, 4) is 6.07 Å². The van der Waals surface area contributed by atoms with E-state index in [-0.39, 0.29) is 5.57 Å². The van der Waals surface area contributed by atoms with Gasteiger partial charge >= 0.3 is 0 Å². The normalized spacial score (nSPS) is 11.4. The molecule has 1 aromatic carbocycles. The molecular formula is C18H20N4OS2. The van der Waals surface area contributed by atoms with E-state index in [1.54, 1.807) is 17.8 Å². The molecule has 0 spiro atoms. The van der Waals surface area contributed by atoms with Gasteiger partial charge in [-0.05, 0) is 29.5 Å². The minimum Gasteiger partial charge on any atom is -0.296 e. The molecule has 0 fully saturated rings. The number of benzene rings is 1. The Bertz CT molecular complexity index is 788. The first-order chi connectivity index (χ1) is 12.0. The molecule has 25 heavy (non-hydrogen) atoms. The highest BCUT2D eigenvalue weighted by Gasteiger charge is 2.13. The third-order valence-electron chi connectivity index (χ3n) is 3.34. The molecule has 7 heteroatoms. The van der Waals surface area contributed by atoms with Crippen LogP contribution in [0.5, 0.6) is 0 Å². The van der Waals surface area contributed by atoms with Crippen molar-refractivity contribution < 1.29 is 4.79 Å². The number of hydrogen-bond donors (Lipinski definition) is 1. The number of nitrogens with zero attached hydrogens (tertiary/aromatic N) is 3. The number of aromatic nitrogens is 2. The predicted octanol–water partition coefficient (Wildman–Crippen LogP) is 4.71. The van der Waals surface area contributed by atoms with Gasteiger partial charge in [0.2, 0.25) is 5.13 Å². The fraction of sp³-hybridized carbons (Fsp3) is 0.333. The molecule has 1 heterocycles. The second-order valence-corrected chi connectivity index (χ2v) is 7.99. The molecule has 2 aromatic rings. The maximum atomic E-state index is 12.3. The van der Waals surface area contributed by atoms with E-state index in [0.717, 1.165) is 22.1 Å². The average molecular weight is 373 g/mol. The Hall–Kier alpha value is -2.17. The predicted molar refractivity (Wildman–Crippen MR) is 104 cm³/mol. The third kappa shape index (κ3) is 5.69. The third-order valence-corrected chi connectivity index (χ3v) is 5.51. The van der Waals surface area contributed by atoms with Gasteiger partial charge in [0, 0.05) is 5.75 Å². The number of hydrogen-bond acceptors (Lipinski definition) is 6. The van der Waals surface area contributed by atoms with Gasteiger partial charge in [-0.3, -0.25) is 10.1 Å². The Kier molecular flexibility index (Phi) is 7.16. The van der Waals surface area contributed by atoms with Crippen LogP contribution in [0, 0.1) is 11.3 Å². The zero-order chi connectivity index (χ0) is 18.2. The van der Waals surface area contributed by atoms with Crippen molar-refractivity contribution in [3.05, 3.63) is 41.0 Å². The molecule has 2 rings (SSSR count). The second kappa shape index (κ2) is 9.35. The summed E-state index contributed by atoms with van der Waals surface area (Å²) in [7, 11) is 0. The second-order valence-electron chi connectivity index (χ2n) is 5.67. The fourth-order valence-corrected chi connectivity index (χ4v) is 3.64. The molecule has 1 N–H and O–H groups in total. The maximum Gasteiger partial charge on any atom is 0.268 e. The first-order valence-corrected chi connectivity index (χ1v) is 9.83. The van der Waals surface area contributed by atoms with Gasteiger partial charge in [0.1, 0.15) is 11.6 Å². The number of carbonyl (C=O) groups excluding carboxylic acids is 1. The molecule has 0 unspecified atom stereocenters. The van der Waals surface area contributed by atoms with Crippen LogP contribution in [0.3, 0.4) is 0 Å². The zero-order valence-electron chi connectivity index (χ0n) is 14.4. The van der Waals surface area contributed by atoms with E-state index in [2.05, 4.69) is 36.3 Å². The van der Waals surface area contributed by atoms with Crippen molar-refractivity contribution in [2.24, 2.45) is 0 Å². The highest BCUT2D eigenvalue weighted by Crippen LogP contribution is 2.26. The molecule has 0 atom stereocenters. The summed E-state index contributed by atoms with van der Waals surface area (Å²) in [6.45, 7) is 6.33. The minimum absolute atomic E-state index is 0.0373. The number of nitriles is 1. The summed E-state index contributed by atoms with van der Waals surface area (Å²) in [5.74, 6) is 0.922. The molecule has 0 saturated carbocycles. The molecule has 1 aromatic heterocycles. The van der Waals surface area contributed by atoms with Gasteiger partial charge in [-0.25, -0.2) is 0 Å². The van der Waals surface area contributed by atoms with Crippen LogP contribution in [0.4, 0.5) is 5.13 Å². The lowest BCUT2D eigenvalue weighted by molar-refractivity contribution is -0.112. The van der Waals surface area contributed by atoms with Crippen LogP contribution in [0.1, 0.15) is 44.2 Å². The number of rotatable bonds is 7. The number of amides is 1. The van der Waals surface area contributed by atoms with E-state index in [4.69, 9.17) is 0 Å². The van der Waals surface area contributed by atoms with Crippen LogP contribution in [0.15, 0.2) is 34.2 Å². The van der Waals surface area contributed by atoms with Crippen LogP contribution in [-0.4, -0.2) is 21.9 Å². The molecule has 0 saturated heterocycles. The van der Waals surface area contributed by atoms with E-state index in [1.165, 1.54) is 16.9 Å². The summed E-state index contributed by atoms with van der Waals surface area (Å²) in [5, 5.41) is 20.3. The molecule has 1 amide bonds. The van der Waals surface area contributed by atoms with Gasteiger partial charge in [0.25, 0.3) is 5.91 Å². The van der Waals surface area contributed by atoms with Crippen molar-refractivity contribution in [1.29, 1.82) is 5.26 Å². The van der Waals surface area contributed by atoms with Gasteiger partial charge in [-0.15, -0.1) is 10.2 Å². The first-order valence-electron chi connectivity index (χ1n) is 8.03. The highest BCUT2D eigenvalue weighted by molar-refractivity contribution is 8.01. The van der Waals surface area contributed by atoms with Gasteiger partial charge in [-0.2, -0.15) is 5.26 Å². The summed E-state index contributed by atoms with van der Waals surface area (Å²) in [5.41, 5.74) is 2.06. The number of thioether (sulfide) groups is 1. The Morgan fingerprint density at radius 2 is 2.08 bits per heavy atom. The van der Waals surface area contributed by atoms with Crippen LogP contribution in [0.2, 0.25) is 0 Å². The minimum atomic E-state index is -0.473. The fourth-order valence-electron chi connectivity index (χ4n) is 1.96. The Morgan fingerprint density at radius 1 is 1.36 bits per heavy atom. The van der Waals surface area contributed by atoms with E-state index < -0.39 is 5.91 Å². The van der Waals surface area contributed by atoms with Crippen molar-refractivity contribution >= 4 is 40.2 Å². The summed E-state index contributed by atoms with van der Waals surface area (Å²) >= 11 is 2.92. The SMILES string of the molecule is CCCSc1nnc(NC(=O)/C(C#N)=C/c2ccc(C(C)C)cc2)s1. The lowest BCUT2D eigenvalue weighted by atomic mass is 10.0. The Balaban J connectivity index is 2.07. The topological polar surface area (TPSA) is 78.7 Å². The van der Waals surface area contributed by atoms with Crippen LogP contribution in [-0.2, 0) is 4.79 Å². The van der Waals surface area contributed by atoms with E-state index in [0.29, 0.717) is 11.0 Å². The lowest BCUT2D eigenvalue weighted by Crippen LogP contribution is -2.13. The molecule has 0 aliphatic heterocycles. The highest BCUT2D eigenvalue weighted by atomic mass is 32.2. The smallest absolute Gasteiger partial charge is 0.268 e. The van der Waals surface area contributed by atoms with Gasteiger partial charge in [0.15, 0.2) is 4.34 Å². The maximum absolute atomic E-state index is 12.3. The van der Waals surface area contributed by atoms with E-state index in [1.807, 2.05) is 30.3 Å². The zero-order valence-corrected chi connectivity index (χ0v) is 16.1. The first kappa shape index (κ1) is 19.2. The molecular weight excluding hydrogens is 352 g/mol. The van der Waals surface area contributed by atoms with E-state index in [9.17, 15) is 10.1 Å². The molecule has 0 aliphatic rings. The standard InChI is InChI=1S/C18H20N4OS2/c1-4-9-24-18-22-21-17(25-18)20-16(23)15(11-19)10-13-5-7-14(8-6-13)12(2)3/h5-8,10,12H,4,9H2,1-3H3,(H,20,21,23)/b15-10+. The van der Waals surface area contributed by atoms with Gasteiger partial charge in [-0.1, -0.05) is 68.1 Å². The van der Waals surface area contributed by atoms with Crippen molar-refractivity contribution in [3.63, 3.8) is 0 Å². The molecule has 0 bridgehead atoms. The quantitative estimate of drug-likeness (QED) is 0.329. The number of anilines is 1. The van der Waals surface area contributed by atoms with E-state index >= 15 is 0 Å². The average Bonchev–Trinajstić information content (AvgIpc) is 3.05. The van der Waals surface area contributed by atoms with Crippen molar-refractivity contribution in [2.75, 3.05) is 11.1 Å². The van der Waals surface area contributed by atoms with Crippen molar-refractivity contribution in [2.45, 2.75) is 37.4 Å². The molecule has 130 valence electrons. The van der Waals surface area contributed by atoms with Gasteiger partial charge < -0.3 is 0 Å². The molecule has 0 radical (unpaired) electrons. The monoisotopic (exact) mass is 372 g/mol. The van der Waals surface area contributed by atoms with Crippen LogP contribution in [0.25, 0.3) is 6.08 Å². The lowest BCUT2D eigenvalue weighted by Gasteiger charge is -2.05. The summed E-state index contributed by atoms with van der Waals surface area (Å²) in [4.78, 5) is 12.3. The summed E-state index contributed by atoms with van der Waals surface area (Å²) < 4.78 is 0.809. The van der Waals surface area contributed by atoms with Crippen LogP contribution < -0.4 is 5.32 Å². The summed E-state index contributed by atoms with van der Waals surface area (Å²) in [6.07, 6.45) is 2.62. The van der Waals surface area contributed by atoms with Crippen molar-refractivity contribution in [1.82, 2.24) is 10.2 Å². The number of carbonyl (C=O) groups is 1. The Labute approximate surface area is 156 Å². The number of nitrogens with one attached hydrogen (secondary N) is 1. The van der Waals surface area contributed by atoms with Crippen LogP contribution >= 0.6 is 23.1 Å². The molecule has 5 nitrogen and oxygen atoms in total.